The van der Waals surface area contributed by atoms with Gasteiger partial charge in [-0.2, -0.15) is 0 Å². The number of likely N-dealkylation sites (N-methyl/N-ethyl adjacent to an activating group) is 1. The SMILES string of the molecule is COc1ccc2oc3c(c2c1)CCN[C@]31CS[C@@H]2c3c(OC(C)=O)c(C)c4c(c3[C@H](COC1=O)N1C2[C@H]2c3c(cc(C)c(OC)c3O)C[C@H]([C@@H]1O)N2C)OCO4. The highest BCUT2D eigenvalue weighted by molar-refractivity contribution is 7.99. The van der Waals surface area contributed by atoms with Crippen LogP contribution in [0.1, 0.15) is 69.0 Å². The van der Waals surface area contributed by atoms with Crippen molar-refractivity contribution in [3.05, 3.63) is 69.0 Å². The van der Waals surface area contributed by atoms with Crippen LogP contribution in [-0.2, 0) is 32.7 Å². The number of phenolic OH excluding ortho intramolecular Hbond substituents is 1. The van der Waals surface area contributed by atoms with Gasteiger partial charge in [0, 0.05) is 58.5 Å². The number of thioether (sulfide) groups is 1. The number of esters is 2. The lowest BCUT2D eigenvalue weighted by atomic mass is 9.73. The van der Waals surface area contributed by atoms with Crippen molar-refractivity contribution in [3.63, 3.8) is 0 Å². The van der Waals surface area contributed by atoms with E-state index in [0.717, 1.165) is 22.1 Å². The molecule has 2 saturated heterocycles. The zero-order chi connectivity index (χ0) is 38.9. The van der Waals surface area contributed by atoms with E-state index < -0.39 is 47.1 Å². The van der Waals surface area contributed by atoms with Crippen LogP contribution in [0.15, 0.2) is 28.7 Å². The highest BCUT2D eigenvalue weighted by atomic mass is 32.2. The molecule has 3 aromatic carbocycles. The number of fused-ring (bicyclic) bond motifs is 11. The van der Waals surface area contributed by atoms with Crippen LogP contribution in [0, 0.1) is 13.8 Å². The summed E-state index contributed by atoms with van der Waals surface area (Å²) >= 11 is 1.49. The number of rotatable bonds is 3. The van der Waals surface area contributed by atoms with Crippen molar-refractivity contribution in [1.82, 2.24) is 15.1 Å². The van der Waals surface area contributed by atoms with Crippen molar-refractivity contribution >= 4 is 34.7 Å². The molecule has 2 fully saturated rings. The molecule has 11 rings (SSSR count). The number of aromatic hydroxyl groups is 1. The standard InChI is InChI=1S/C41H43N3O11S/c1-17-11-20-12-24-39(47)44-25-14-51-40(48)41(38-22(9-10-42-41)23-13-21(49-5)7-8-26(23)55-38)15-56-37(31(44)30(43(24)4)27(20)32(46)33(17)50-6)29-28(25)36-35(52-16-53-36)18(2)34(29)54-19(3)45/h7-8,11,13,24-25,30-31,37,39,42,46-47H,9-10,12,14-16H2,1-6H3/t24-,25+,30-,31?,37-,39+,41-/m1/s1. The van der Waals surface area contributed by atoms with Crippen LogP contribution in [0.25, 0.3) is 11.0 Å². The van der Waals surface area contributed by atoms with E-state index in [0.29, 0.717) is 81.7 Å². The number of carbonyl (C=O) groups excluding carboxylic acids is 2. The van der Waals surface area contributed by atoms with Crippen LogP contribution in [0.4, 0.5) is 0 Å². The Hall–Kier alpha value is -4.67. The van der Waals surface area contributed by atoms with Gasteiger partial charge in [-0.15, -0.1) is 11.8 Å². The van der Waals surface area contributed by atoms with Gasteiger partial charge in [-0.25, -0.2) is 4.79 Å². The van der Waals surface area contributed by atoms with Crippen LogP contribution in [0.2, 0.25) is 0 Å². The fraction of sp³-hybridized carbons (Fsp3) is 0.463. The molecule has 1 unspecified atom stereocenters. The number of furan rings is 1. The Labute approximate surface area is 326 Å². The zero-order valence-electron chi connectivity index (χ0n) is 31.9. The second-order valence-electron chi connectivity index (χ2n) is 15.5. The molecule has 1 spiro atoms. The van der Waals surface area contributed by atoms with Gasteiger partial charge in [0.05, 0.1) is 37.6 Å². The van der Waals surface area contributed by atoms with Gasteiger partial charge >= 0.3 is 11.9 Å². The predicted octanol–water partition coefficient (Wildman–Crippen LogP) is 4.45. The summed E-state index contributed by atoms with van der Waals surface area (Å²) in [6, 6.07) is 5.46. The Balaban J connectivity index is 1.23. The van der Waals surface area contributed by atoms with Gasteiger partial charge in [0.25, 0.3) is 0 Å². The number of nitrogens with zero attached hydrogens (tertiary/aromatic N) is 2. The van der Waals surface area contributed by atoms with Gasteiger partial charge in [0.15, 0.2) is 28.5 Å². The van der Waals surface area contributed by atoms with E-state index >= 15 is 0 Å². The van der Waals surface area contributed by atoms with Crippen molar-refractivity contribution in [1.29, 1.82) is 0 Å². The van der Waals surface area contributed by atoms with Crippen LogP contribution in [-0.4, -0.2) is 97.2 Å². The Bertz CT molecular complexity index is 2360. The van der Waals surface area contributed by atoms with Gasteiger partial charge in [-0.3, -0.25) is 19.9 Å². The van der Waals surface area contributed by atoms with Gasteiger partial charge in [-0.1, -0.05) is 6.07 Å². The van der Waals surface area contributed by atoms with Crippen molar-refractivity contribution in [2.75, 3.05) is 47.0 Å². The number of aliphatic hydroxyl groups is 1. The molecular formula is C41H43N3O11S. The number of carbonyl (C=O) groups is 2. The van der Waals surface area contributed by atoms with E-state index in [1.807, 2.05) is 50.1 Å². The lowest BCUT2D eigenvalue weighted by Gasteiger charge is -2.62. The summed E-state index contributed by atoms with van der Waals surface area (Å²) in [5.41, 5.74) is 4.50. The molecule has 294 valence electrons. The molecule has 56 heavy (non-hydrogen) atoms. The third-order valence-electron chi connectivity index (χ3n) is 12.8. The Morgan fingerprint density at radius 2 is 1.86 bits per heavy atom. The monoisotopic (exact) mass is 785 g/mol. The number of nitrogens with one attached hydrogen (secondary N) is 1. The topological polar surface area (TPSA) is 162 Å². The lowest BCUT2D eigenvalue weighted by molar-refractivity contribution is -0.186. The molecule has 15 heteroatoms. The van der Waals surface area contributed by atoms with E-state index in [1.165, 1.54) is 18.7 Å². The minimum Gasteiger partial charge on any atom is -0.504 e. The van der Waals surface area contributed by atoms with Crippen molar-refractivity contribution < 1.29 is 52.6 Å². The second kappa shape index (κ2) is 12.7. The largest absolute Gasteiger partial charge is 0.504 e. The lowest BCUT2D eigenvalue weighted by Crippen LogP contribution is -2.70. The molecule has 14 nitrogen and oxygen atoms in total. The molecule has 7 atom stereocenters. The summed E-state index contributed by atoms with van der Waals surface area (Å²) in [5.74, 6) is 1.99. The molecule has 4 bridgehead atoms. The zero-order valence-corrected chi connectivity index (χ0v) is 32.7. The molecule has 0 radical (unpaired) electrons. The number of benzene rings is 3. The second-order valence-corrected chi connectivity index (χ2v) is 16.7. The maximum atomic E-state index is 14.8. The van der Waals surface area contributed by atoms with Gasteiger partial charge < -0.3 is 43.1 Å². The molecular weight excluding hydrogens is 743 g/mol. The third kappa shape index (κ3) is 4.71. The predicted molar refractivity (Wildman–Crippen MR) is 203 cm³/mol. The van der Waals surface area contributed by atoms with Crippen molar-refractivity contribution in [3.8, 4) is 34.5 Å². The third-order valence-corrected chi connectivity index (χ3v) is 14.2. The average molecular weight is 786 g/mol. The first-order valence-corrected chi connectivity index (χ1v) is 19.9. The molecule has 4 aromatic rings. The van der Waals surface area contributed by atoms with Gasteiger partial charge in [0.1, 0.15) is 35.7 Å². The summed E-state index contributed by atoms with van der Waals surface area (Å²) in [5, 5.41) is 28.5. The van der Waals surface area contributed by atoms with Crippen molar-refractivity contribution in [2.24, 2.45) is 0 Å². The molecule has 0 aliphatic carbocycles. The van der Waals surface area contributed by atoms with E-state index in [-0.39, 0.29) is 30.9 Å². The normalized spacial score (nSPS) is 28.9. The molecule has 7 aliphatic heterocycles. The quantitative estimate of drug-likeness (QED) is 0.197. The summed E-state index contributed by atoms with van der Waals surface area (Å²) in [4.78, 5) is 31.9. The number of phenols is 1. The summed E-state index contributed by atoms with van der Waals surface area (Å²) < 4.78 is 42.7. The molecule has 7 aliphatic rings. The number of aryl methyl sites for hydroxylation is 1. The average Bonchev–Trinajstić information content (AvgIpc) is 3.82. The Morgan fingerprint density at radius 1 is 1.05 bits per heavy atom. The summed E-state index contributed by atoms with van der Waals surface area (Å²) in [6.07, 6.45) is 0.0463. The highest BCUT2D eigenvalue weighted by Crippen LogP contribution is 2.64. The van der Waals surface area contributed by atoms with E-state index in [4.69, 9.17) is 32.8 Å². The smallest absolute Gasteiger partial charge is 0.335 e. The maximum absolute atomic E-state index is 14.8. The first-order chi connectivity index (χ1) is 27.0. The fourth-order valence-corrected chi connectivity index (χ4v) is 12.1. The summed E-state index contributed by atoms with van der Waals surface area (Å²) in [6.45, 7) is 5.36. The Kier molecular flexibility index (Phi) is 8.08. The van der Waals surface area contributed by atoms with Crippen LogP contribution in [0.5, 0.6) is 34.5 Å². The number of ether oxygens (including phenoxy) is 6. The maximum Gasteiger partial charge on any atom is 0.335 e. The van der Waals surface area contributed by atoms with E-state index in [2.05, 4.69) is 10.2 Å². The van der Waals surface area contributed by atoms with Gasteiger partial charge in [-0.05, 0) is 63.1 Å². The first-order valence-electron chi connectivity index (χ1n) is 18.8. The molecule has 8 heterocycles. The van der Waals surface area contributed by atoms with E-state index in [1.54, 1.807) is 14.2 Å². The molecule has 0 amide bonds. The number of hydrogen-bond donors (Lipinski definition) is 3. The molecule has 3 N–H and O–H groups in total. The van der Waals surface area contributed by atoms with Crippen LogP contribution >= 0.6 is 11.8 Å². The van der Waals surface area contributed by atoms with Crippen molar-refractivity contribution in [2.45, 2.75) is 74.8 Å². The highest BCUT2D eigenvalue weighted by Gasteiger charge is 2.62. The number of methoxy groups -OCH3 is 2. The molecule has 1 aromatic heterocycles. The van der Waals surface area contributed by atoms with Gasteiger partial charge in [0.2, 0.25) is 6.79 Å². The minimum atomic E-state index is -1.39. The summed E-state index contributed by atoms with van der Waals surface area (Å²) in [7, 11) is 5.13. The fourth-order valence-electron chi connectivity index (χ4n) is 10.4. The first kappa shape index (κ1) is 35.7. The minimum absolute atomic E-state index is 0.0496. The number of piperazine rings is 1. The molecule has 0 saturated carbocycles. The van der Waals surface area contributed by atoms with Crippen LogP contribution in [0.3, 0.4) is 0 Å². The Morgan fingerprint density at radius 3 is 2.62 bits per heavy atom. The van der Waals surface area contributed by atoms with E-state index in [9.17, 15) is 19.8 Å². The van der Waals surface area contributed by atoms with Crippen LogP contribution < -0.4 is 29.0 Å². The number of hydrogen-bond acceptors (Lipinski definition) is 15. The number of aliphatic hydroxyl groups excluding tert-OH is 1.